The molecular formula is C44H46N6O9. The van der Waals surface area contributed by atoms with Gasteiger partial charge in [-0.25, -0.2) is 0 Å². The van der Waals surface area contributed by atoms with Gasteiger partial charge in [-0.3, -0.25) is 48.9 Å². The van der Waals surface area contributed by atoms with Crippen molar-refractivity contribution >= 4 is 40.3 Å². The van der Waals surface area contributed by atoms with E-state index in [1.54, 1.807) is 56.4 Å². The minimum Gasteiger partial charge on any atom is -0.496 e. The van der Waals surface area contributed by atoms with E-state index in [2.05, 4.69) is 15.2 Å². The number of likely N-dealkylation sites (tertiary alicyclic amines) is 2. The molecule has 1 aliphatic carbocycles. The van der Waals surface area contributed by atoms with Gasteiger partial charge in [0, 0.05) is 76.8 Å². The van der Waals surface area contributed by atoms with Crippen LogP contribution in [-0.2, 0) is 28.0 Å². The Morgan fingerprint density at radius 2 is 1.61 bits per heavy atom. The highest BCUT2D eigenvalue weighted by Crippen LogP contribution is 2.51. The van der Waals surface area contributed by atoms with Crippen molar-refractivity contribution in [3.05, 3.63) is 82.0 Å². The second-order valence-corrected chi connectivity index (χ2v) is 16.7. The van der Waals surface area contributed by atoms with Gasteiger partial charge in [-0.1, -0.05) is 0 Å². The van der Waals surface area contributed by atoms with E-state index >= 15 is 0 Å². The number of aryl methyl sites for hydroxylation is 1. The number of carbonyl (C=O) groups excluding carboxylic acids is 5. The SMILES string of the molecule is COc1cc(-c2cn(C)c(=O)c3cnccc23)cc(OC)c1CN1CC(CC(=O)N2CCC3(CC2)CC(Oc2ccc4c(c2)C(=O)N(C2CCC(=O)NC2=O)C4=O)C3)C1. The number of pyridine rings is 2. The van der Waals surface area contributed by atoms with E-state index in [4.69, 9.17) is 14.2 Å². The molecule has 1 atom stereocenters. The summed E-state index contributed by atoms with van der Waals surface area (Å²) in [6.07, 6.45) is 9.28. The van der Waals surface area contributed by atoms with E-state index in [0.717, 1.165) is 78.8 Å². The summed E-state index contributed by atoms with van der Waals surface area (Å²) in [5.74, 6) is 0.200. The van der Waals surface area contributed by atoms with Crippen LogP contribution in [0.1, 0.15) is 71.2 Å². The molecule has 0 radical (unpaired) electrons. The van der Waals surface area contributed by atoms with Gasteiger partial charge >= 0.3 is 0 Å². The fraction of sp³-hybridized carbons (Fsp3) is 0.432. The van der Waals surface area contributed by atoms with Crippen LogP contribution >= 0.6 is 0 Å². The number of hydrogen-bond acceptors (Lipinski definition) is 11. The second kappa shape index (κ2) is 14.9. The first-order chi connectivity index (χ1) is 28.4. The van der Waals surface area contributed by atoms with Crippen LogP contribution in [0.25, 0.3) is 21.9 Å². The maximum atomic E-state index is 13.4. The molecule has 3 saturated heterocycles. The molecule has 1 unspecified atom stereocenters. The number of nitrogens with one attached hydrogen (secondary N) is 1. The largest absolute Gasteiger partial charge is 0.496 e. The number of fused-ring (bicyclic) bond motifs is 2. The van der Waals surface area contributed by atoms with Crippen molar-refractivity contribution in [2.45, 2.75) is 63.6 Å². The molecule has 15 heteroatoms. The fourth-order valence-corrected chi connectivity index (χ4v) is 9.72. The number of rotatable bonds is 10. The molecule has 1 N–H and O–H groups in total. The minimum absolute atomic E-state index is 0.0332. The summed E-state index contributed by atoms with van der Waals surface area (Å²) in [6.45, 7) is 3.65. The summed E-state index contributed by atoms with van der Waals surface area (Å²) in [5.41, 5.74) is 3.11. The summed E-state index contributed by atoms with van der Waals surface area (Å²) in [6, 6.07) is 9.63. The number of hydrogen-bond donors (Lipinski definition) is 1. The van der Waals surface area contributed by atoms with Crippen molar-refractivity contribution in [2.75, 3.05) is 40.4 Å². The van der Waals surface area contributed by atoms with Crippen LogP contribution in [0.2, 0.25) is 0 Å². The number of nitrogens with zero attached hydrogens (tertiary/aromatic N) is 5. The topological polar surface area (TPSA) is 170 Å². The van der Waals surface area contributed by atoms with Crippen LogP contribution in [0, 0.1) is 11.3 Å². The Hall–Kier alpha value is -6.09. The highest BCUT2D eigenvalue weighted by molar-refractivity contribution is 6.23. The van der Waals surface area contributed by atoms with Gasteiger partial charge in [0.1, 0.15) is 23.3 Å². The van der Waals surface area contributed by atoms with Crippen LogP contribution in [0.15, 0.2) is 59.8 Å². The molecule has 5 amide bonds. The standard InChI is InChI=1S/C44H46N6O9/c1-47-23-33(29-8-11-45-20-32(29)41(47)54)26-15-36(57-2)34(37(16-26)58-3)24-48-21-25(22-48)14-39(52)49-12-9-44(10-13-49)18-28(19-44)59-27-4-5-30-31(17-27)43(56)50(42(30)55)35-6-7-38(51)46-40(35)53/h4-5,8,11,15-17,20,23,25,28,35H,6-7,9-10,12-14,18-19,21-22,24H2,1-3H3,(H,46,51,53). The lowest BCUT2D eigenvalue weighted by molar-refractivity contribution is -0.139. The third-order valence-corrected chi connectivity index (χ3v) is 13.0. The van der Waals surface area contributed by atoms with E-state index < -0.39 is 29.7 Å². The van der Waals surface area contributed by atoms with E-state index in [1.807, 2.05) is 29.3 Å². The minimum atomic E-state index is -1.01. The van der Waals surface area contributed by atoms with Crippen molar-refractivity contribution < 1.29 is 38.2 Å². The highest BCUT2D eigenvalue weighted by atomic mass is 16.5. The molecule has 4 aliphatic heterocycles. The Labute approximate surface area is 340 Å². The Balaban J connectivity index is 0.751. The number of methoxy groups -OCH3 is 2. The molecule has 4 aromatic rings. The van der Waals surface area contributed by atoms with E-state index in [1.165, 1.54) is 0 Å². The van der Waals surface area contributed by atoms with Crippen LogP contribution in [0.4, 0.5) is 0 Å². The number of benzene rings is 2. The molecule has 59 heavy (non-hydrogen) atoms. The van der Waals surface area contributed by atoms with Crippen molar-refractivity contribution in [2.24, 2.45) is 18.4 Å². The van der Waals surface area contributed by atoms with E-state index in [-0.39, 0.29) is 52.9 Å². The average molecular weight is 803 g/mol. The zero-order chi connectivity index (χ0) is 41.2. The number of aromatic nitrogens is 2. The quantitative estimate of drug-likeness (QED) is 0.232. The molecule has 4 fully saturated rings. The molecule has 0 bridgehead atoms. The van der Waals surface area contributed by atoms with Gasteiger partial charge in [0.15, 0.2) is 0 Å². The van der Waals surface area contributed by atoms with Crippen LogP contribution in [-0.4, -0.2) is 106 Å². The summed E-state index contributed by atoms with van der Waals surface area (Å²) < 4.78 is 19.6. The number of ether oxygens (including phenoxy) is 3. The van der Waals surface area contributed by atoms with Gasteiger partial charge < -0.3 is 23.7 Å². The van der Waals surface area contributed by atoms with Gasteiger partial charge in [0.05, 0.1) is 42.4 Å². The molecule has 2 aromatic carbocycles. The first-order valence-corrected chi connectivity index (χ1v) is 20.2. The number of amides is 5. The molecule has 9 rings (SSSR count). The maximum Gasteiger partial charge on any atom is 0.262 e. The maximum absolute atomic E-state index is 13.4. The summed E-state index contributed by atoms with van der Waals surface area (Å²) in [5, 5.41) is 3.56. The van der Waals surface area contributed by atoms with Gasteiger partial charge in [0.2, 0.25) is 17.7 Å². The molecular weight excluding hydrogens is 757 g/mol. The van der Waals surface area contributed by atoms with E-state index in [9.17, 15) is 28.8 Å². The van der Waals surface area contributed by atoms with Crippen molar-refractivity contribution in [1.29, 1.82) is 0 Å². The third kappa shape index (κ3) is 6.90. The normalized spacial score (nSPS) is 20.7. The van der Waals surface area contributed by atoms with Crippen LogP contribution in [0.5, 0.6) is 17.2 Å². The molecule has 2 aromatic heterocycles. The third-order valence-electron chi connectivity index (χ3n) is 13.0. The summed E-state index contributed by atoms with van der Waals surface area (Å²) in [4.78, 5) is 85.9. The Bertz CT molecular complexity index is 2450. The number of piperidine rings is 2. The lowest BCUT2D eigenvalue weighted by atomic mass is 9.61. The van der Waals surface area contributed by atoms with Gasteiger partial charge in [-0.2, -0.15) is 0 Å². The molecule has 1 spiro atoms. The Morgan fingerprint density at radius 1 is 0.898 bits per heavy atom. The van der Waals surface area contributed by atoms with Gasteiger partial charge in [-0.15, -0.1) is 0 Å². The first-order valence-electron chi connectivity index (χ1n) is 20.2. The van der Waals surface area contributed by atoms with Crippen molar-refractivity contribution in [3.8, 4) is 28.4 Å². The lowest BCUT2D eigenvalue weighted by Gasteiger charge is -2.52. The Kier molecular flexibility index (Phi) is 9.73. The van der Waals surface area contributed by atoms with Gasteiger partial charge in [-0.05, 0) is 90.8 Å². The summed E-state index contributed by atoms with van der Waals surface area (Å²) in [7, 11) is 5.02. The average Bonchev–Trinajstić information content (AvgIpc) is 3.45. The van der Waals surface area contributed by atoms with E-state index in [0.29, 0.717) is 35.6 Å². The predicted octanol–water partition coefficient (Wildman–Crippen LogP) is 3.69. The Morgan fingerprint density at radius 3 is 2.31 bits per heavy atom. The number of imide groups is 2. The molecule has 1 saturated carbocycles. The molecule has 15 nitrogen and oxygen atoms in total. The summed E-state index contributed by atoms with van der Waals surface area (Å²) >= 11 is 0. The predicted molar refractivity (Wildman–Crippen MR) is 214 cm³/mol. The van der Waals surface area contributed by atoms with Gasteiger partial charge in [0.25, 0.3) is 17.4 Å². The first kappa shape index (κ1) is 38.4. The molecule has 5 aliphatic rings. The monoisotopic (exact) mass is 802 g/mol. The zero-order valence-corrected chi connectivity index (χ0v) is 33.3. The van der Waals surface area contributed by atoms with Crippen LogP contribution < -0.4 is 25.1 Å². The van der Waals surface area contributed by atoms with Crippen molar-refractivity contribution in [3.63, 3.8) is 0 Å². The molecule has 306 valence electrons. The lowest BCUT2D eigenvalue weighted by Crippen LogP contribution is -2.54. The molecule has 6 heterocycles. The van der Waals surface area contributed by atoms with Crippen LogP contribution in [0.3, 0.4) is 0 Å². The second-order valence-electron chi connectivity index (χ2n) is 16.7. The zero-order valence-electron chi connectivity index (χ0n) is 33.3. The smallest absolute Gasteiger partial charge is 0.262 e. The number of carbonyl (C=O) groups is 5. The van der Waals surface area contributed by atoms with Crippen molar-refractivity contribution in [1.82, 2.24) is 29.6 Å². The highest BCUT2D eigenvalue weighted by Gasteiger charge is 2.49. The fourth-order valence-electron chi connectivity index (χ4n) is 9.72.